The van der Waals surface area contributed by atoms with Crippen LogP contribution in [-0.2, 0) is 4.74 Å². The fraction of sp³-hybridized carbons (Fsp3) is 0.321. The zero-order valence-corrected chi connectivity index (χ0v) is 22.8. The number of benzene rings is 1. The van der Waals surface area contributed by atoms with E-state index in [4.69, 9.17) is 10.5 Å². The van der Waals surface area contributed by atoms with Gasteiger partial charge in [-0.3, -0.25) is 14.4 Å². The van der Waals surface area contributed by atoms with Crippen molar-refractivity contribution in [2.24, 2.45) is 5.73 Å². The monoisotopic (exact) mass is 570 g/mol. The van der Waals surface area contributed by atoms with Crippen LogP contribution in [-0.4, -0.2) is 92.6 Å². The third-order valence-electron chi connectivity index (χ3n) is 7.30. The maximum absolute atomic E-state index is 13.0. The van der Waals surface area contributed by atoms with Gasteiger partial charge in [0.15, 0.2) is 11.5 Å². The van der Waals surface area contributed by atoms with Gasteiger partial charge in [-0.15, -0.1) is 10.2 Å². The minimum absolute atomic E-state index is 0.0671. The normalized spacial score (nSPS) is 17.2. The first kappa shape index (κ1) is 27.1. The van der Waals surface area contributed by atoms with Crippen molar-refractivity contribution < 1.29 is 19.1 Å². The Morgan fingerprint density at radius 3 is 2.57 bits per heavy atom. The number of carbonyl (C=O) groups is 3. The van der Waals surface area contributed by atoms with Crippen LogP contribution >= 0.6 is 0 Å². The molecule has 0 spiro atoms. The number of imidazole rings is 1. The fourth-order valence-electron chi connectivity index (χ4n) is 5.08. The highest BCUT2D eigenvalue weighted by molar-refractivity contribution is 5.97. The van der Waals surface area contributed by atoms with Crippen LogP contribution < -0.4 is 21.3 Å². The predicted molar refractivity (Wildman–Crippen MR) is 153 cm³/mol. The number of nitrogens with zero attached hydrogens (tertiary/aromatic N) is 7. The number of fused-ring (bicyclic) bond motifs is 1. The van der Waals surface area contributed by atoms with E-state index in [2.05, 4.69) is 30.8 Å². The summed E-state index contributed by atoms with van der Waals surface area (Å²) >= 11 is 0. The Balaban J connectivity index is 1.14. The van der Waals surface area contributed by atoms with Crippen LogP contribution in [0.2, 0.25) is 0 Å². The van der Waals surface area contributed by atoms with Crippen LogP contribution in [0.1, 0.15) is 44.0 Å². The molecular formula is C28H30N10O4. The van der Waals surface area contributed by atoms with Gasteiger partial charge in [-0.25, -0.2) is 4.98 Å². The Hall–Kier alpha value is -5.11. The topological polar surface area (TPSA) is 173 Å². The zero-order chi connectivity index (χ0) is 29.1. The van der Waals surface area contributed by atoms with Gasteiger partial charge in [0.2, 0.25) is 5.95 Å². The molecule has 2 fully saturated rings. The summed E-state index contributed by atoms with van der Waals surface area (Å²) in [5.74, 6) is -0.574. The van der Waals surface area contributed by atoms with Crippen LogP contribution in [0.4, 0.5) is 17.5 Å². The molecule has 0 aliphatic carbocycles. The summed E-state index contributed by atoms with van der Waals surface area (Å²) in [5.41, 5.74) is 7.81. The van der Waals surface area contributed by atoms with Crippen LogP contribution in [0, 0.1) is 0 Å². The van der Waals surface area contributed by atoms with Crippen molar-refractivity contribution in [2.45, 2.75) is 18.9 Å². The molecule has 4 N–H and O–H groups in total. The van der Waals surface area contributed by atoms with Gasteiger partial charge >= 0.3 is 0 Å². The van der Waals surface area contributed by atoms with Crippen LogP contribution in [0.25, 0.3) is 5.65 Å². The molecule has 14 heteroatoms. The Morgan fingerprint density at radius 1 is 0.976 bits per heavy atom. The van der Waals surface area contributed by atoms with Gasteiger partial charge in [-0.05, 0) is 49.2 Å². The first-order valence-corrected chi connectivity index (χ1v) is 13.7. The molecule has 0 bridgehead atoms. The van der Waals surface area contributed by atoms with Crippen molar-refractivity contribution in [1.29, 1.82) is 0 Å². The first-order chi connectivity index (χ1) is 20.4. The molecule has 42 heavy (non-hydrogen) atoms. The third-order valence-corrected chi connectivity index (χ3v) is 7.30. The van der Waals surface area contributed by atoms with Crippen molar-refractivity contribution in [3.05, 3.63) is 71.8 Å². The van der Waals surface area contributed by atoms with E-state index in [0.29, 0.717) is 67.8 Å². The van der Waals surface area contributed by atoms with Gasteiger partial charge in [-0.1, -0.05) is 0 Å². The van der Waals surface area contributed by atoms with Gasteiger partial charge in [-0.2, -0.15) is 4.98 Å². The Labute approximate surface area is 240 Å². The standard InChI is InChI=1S/C28H30N10O4/c29-24(39)23-25(31-20-5-3-18(4-6-20)27(41)37-12-14-42-15-13-37)33-28(35-34-23)38-9-1-2-21(17-38)32-26(40)19-7-10-36-11-8-30-22(36)16-19/h3-8,10-11,16,21H,1-2,9,12-15,17H2,(H2,29,39)(H,32,40)(H,31,33,35). The molecule has 5 heterocycles. The maximum Gasteiger partial charge on any atom is 0.273 e. The van der Waals surface area contributed by atoms with Gasteiger partial charge in [0.05, 0.1) is 13.2 Å². The molecule has 2 aliphatic heterocycles. The van der Waals surface area contributed by atoms with Crippen molar-refractivity contribution in [3.8, 4) is 0 Å². The molecule has 3 aromatic heterocycles. The van der Waals surface area contributed by atoms with E-state index in [1.165, 1.54) is 0 Å². The molecule has 3 amide bonds. The molecule has 1 unspecified atom stereocenters. The number of aromatic nitrogens is 5. The summed E-state index contributed by atoms with van der Waals surface area (Å²) in [7, 11) is 0. The number of nitrogens with one attached hydrogen (secondary N) is 2. The lowest BCUT2D eigenvalue weighted by Gasteiger charge is -2.33. The second-order valence-corrected chi connectivity index (χ2v) is 10.1. The van der Waals surface area contributed by atoms with Crippen molar-refractivity contribution >= 4 is 40.8 Å². The van der Waals surface area contributed by atoms with E-state index in [1.807, 2.05) is 15.5 Å². The summed E-state index contributed by atoms with van der Waals surface area (Å²) in [6.45, 7) is 3.28. The second kappa shape index (κ2) is 11.8. The van der Waals surface area contributed by atoms with E-state index in [1.54, 1.807) is 53.7 Å². The van der Waals surface area contributed by atoms with Gasteiger partial charge in [0.1, 0.15) is 5.65 Å². The fourth-order valence-corrected chi connectivity index (χ4v) is 5.08. The highest BCUT2D eigenvalue weighted by Crippen LogP contribution is 2.23. The number of ether oxygens (including phenoxy) is 1. The maximum atomic E-state index is 13.0. The molecule has 216 valence electrons. The van der Waals surface area contributed by atoms with Crippen molar-refractivity contribution in [2.75, 3.05) is 49.6 Å². The van der Waals surface area contributed by atoms with Crippen LogP contribution in [0.3, 0.4) is 0 Å². The average Bonchev–Trinajstić information content (AvgIpc) is 3.50. The van der Waals surface area contributed by atoms with Crippen LogP contribution in [0.5, 0.6) is 0 Å². The van der Waals surface area contributed by atoms with E-state index in [0.717, 1.165) is 12.8 Å². The lowest BCUT2D eigenvalue weighted by molar-refractivity contribution is 0.0303. The summed E-state index contributed by atoms with van der Waals surface area (Å²) in [4.78, 5) is 50.3. The molecule has 14 nitrogen and oxygen atoms in total. The number of primary amides is 1. The summed E-state index contributed by atoms with van der Waals surface area (Å²) in [5, 5.41) is 14.4. The summed E-state index contributed by atoms with van der Waals surface area (Å²) in [6.07, 6.45) is 6.89. The number of hydrogen-bond donors (Lipinski definition) is 3. The summed E-state index contributed by atoms with van der Waals surface area (Å²) < 4.78 is 7.16. The number of nitrogens with two attached hydrogens (primary N) is 1. The van der Waals surface area contributed by atoms with E-state index in [9.17, 15) is 14.4 Å². The Bertz CT molecular complexity index is 1620. The molecule has 0 radical (unpaired) electrons. The molecule has 0 saturated carbocycles. The molecule has 2 saturated heterocycles. The minimum atomic E-state index is -0.776. The summed E-state index contributed by atoms with van der Waals surface area (Å²) in [6, 6.07) is 10.2. The number of hydrogen-bond acceptors (Lipinski definition) is 10. The average molecular weight is 571 g/mol. The zero-order valence-electron chi connectivity index (χ0n) is 22.8. The molecular weight excluding hydrogens is 540 g/mol. The predicted octanol–water partition coefficient (Wildman–Crippen LogP) is 1.23. The number of piperidine rings is 1. The highest BCUT2D eigenvalue weighted by atomic mass is 16.5. The largest absolute Gasteiger partial charge is 0.378 e. The van der Waals surface area contributed by atoms with Gasteiger partial charge in [0.25, 0.3) is 17.7 Å². The van der Waals surface area contributed by atoms with Crippen LogP contribution in [0.15, 0.2) is 55.0 Å². The number of morpholine rings is 1. The number of rotatable bonds is 7. The van der Waals surface area contributed by atoms with E-state index >= 15 is 0 Å². The third kappa shape index (κ3) is 5.83. The number of pyridine rings is 1. The smallest absolute Gasteiger partial charge is 0.273 e. The molecule has 1 aromatic carbocycles. The number of anilines is 3. The minimum Gasteiger partial charge on any atom is -0.378 e. The SMILES string of the molecule is NC(=O)c1nnc(N2CCCC(NC(=O)c3ccn4ccnc4c3)C2)nc1Nc1ccc(C(=O)N2CCOCC2)cc1. The number of amides is 3. The van der Waals surface area contributed by atoms with E-state index in [-0.39, 0.29) is 29.4 Å². The molecule has 4 aromatic rings. The van der Waals surface area contributed by atoms with Gasteiger partial charge < -0.3 is 35.3 Å². The number of carbonyl (C=O) groups excluding carboxylic acids is 3. The Kier molecular flexibility index (Phi) is 7.60. The van der Waals surface area contributed by atoms with E-state index < -0.39 is 5.91 Å². The Morgan fingerprint density at radius 2 is 1.79 bits per heavy atom. The lowest BCUT2D eigenvalue weighted by atomic mass is 10.1. The first-order valence-electron chi connectivity index (χ1n) is 13.7. The molecule has 1 atom stereocenters. The molecule has 2 aliphatic rings. The lowest BCUT2D eigenvalue weighted by Crippen LogP contribution is -2.48. The van der Waals surface area contributed by atoms with Crippen molar-refractivity contribution in [3.63, 3.8) is 0 Å². The quantitative estimate of drug-likeness (QED) is 0.293. The molecule has 6 rings (SSSR count). The van der Waals surface area contributed by atoms with Gasteiger partial charge in [0, 0.05) is 67.6 Å². The van der Waals surface area contributed by atoms with Crippen molar-refractivity contribution in [1.82, 2.24) is 34.8 Å². The highest BCUT2D eigenvalue weighted by Gasteiger charge is 2.26. The second-order valence-electron chi connectivity index (χ2n) is 10.1.